The summed E-state index contributed by atoms with van der Waals surface area (Å²) < 4.78 is 6.91. The Labute approximate surface area is 189 Å². The highest BCUT2D eigenvalue weighted by molar-refractivity contribution is 7.12. The van der Waals surface area contributed by atoms with Crippen molar-refractivity contribution in [2.24, 2.45) is 0 Å². The van der Waals surface area contributed by atoms with Gasteiger partial charge in [0.1, 0.15) is 11.3 Å². The van der Waals surface area contributed by atoms with Gasteiger partial charge in [0.25, 0.3) is 0 Å². The fourth-order valence-electron chi connectivity index (χ4n) is 3.17. The smallest absolute Gasteiger partial charge is 0.345 e. The first kappa shape index (κ1) is 19.7. The number of carbonyl (C=O) groups excluding carboxylic acids is 1. The van der Waals surface area contributed by atoms with E-state index in [2.05, 4.69) is 10.1 Å². The predicted molar refractivity (Wildman–Crippen MR) is 122 cm³/mol. The molecule has 5 aromatic rings. The molecule has 0 saturated carbocycles. The quantitative estimate of drug-likeness (QED) is 0.243. The number of aromatic nitrogens is 3. The minimum atomic E-state index is -0.498. The molecule has 0 saturated heterocycles. The number of fused-ring (bicyclic) bond motifs is 1. The van der Waals surface area contributed by atoms with E-state index in [1.54, 1.807) is 60.1 Å². The Hall–Kier alpha value is -3.26. The molecule has 0 fully saturated rings. The van der Waals surface area contributed by atoms with Crippen molar-refractivity contribution >= 4 is 51.8 Å². The van der Waals surface area contributed by atoms with Crippen LogP contribution in [0.2, 0.25) is 10.0 Å². The highest BCUT2D eigenvalue weighted by Gasteiger charge is 2.16. The molecule has 3 aromatic heterocycles. The first-order valence-corrected chi connectivity index (χ1v) is 10.7. The third-order valence-electron chi connectivity index (χ3n) is 4.65. The minimum Gasteiger partial charge on any atom is -0.422 e. The number of hydrogen-bond acceptors (Lipinski definition) is 6. The van der Waals surface area contributed by atoms with E-state index in [0.29, 0.717) is 48.7 Å². The second-order valence-corrected chi connectivity index (χ2v) is 8.36. The van der Waals surface area contributed by atoms with E-state index in [9.17, 15) is 9.59 Å². The molecule has 0 atom stereocenters. The average molecular weight is 468 g/mol. The van der Waals surface area contributed by atoms with Crippen molar-refractivity contribution < 1.29 is 9.21 Å². The lowest BCUT2D eigenvalue weighted by Crippen LogP contribution is -2.03. The molecule has 0 aliphatic carbocycles. The van der Waals surface area contributed by atoms with Gasteiger partial charge < -0.3 is 4.42 Å². The number of rotatable bonds is 4. The molecule has 0 aliphatic heterocycles. The van der Waals surface area contributed by atoms with Crippen LogP contribution in [0.1, 0.15) is 10.4 Å². The van der Waals surface area contributed by atoms with Crippen molar-refractivity contribution in [2.75, 3.05) is 0 Å². The molecule has 0 bridgehead atoms. The van der Waals surface area contributed by atoms with Gasteiger partial charge in [-0.2, -0.15) is 5.10 Å². The van der Waals surface area contributed by atoms with Crippen LogP contribution in [0, 0.1) is 0 Å². The number of carbonyl (C=O) groups is 1. The van der Waals surface area contributed by atoms with Gasteiger partial charge in [0.15, 0.2) is 6.29 Å². The van der Waals surface area contributed by atoms with Crippen molar-refractivity contribution in [3.05, 3.63) is 86.1 Å². The lowest BCUT2D eigenvalue weighted by Gasteiger charge is -2.00. The van der Waals surface area contributed by atoms with Crippen LogP contribution in [0.5, 0.6) is 0 Å². The maximum Gasteiger partial charge on any atom is 0.345 e. The zero-order valence-electron chi connectivity index (χ0n) is 15.6. The first-order chi connectivity index (χ1) is 15.0. The fraction of sp³-hybridized carbons (Fsp3) is 0. The van der Waals surface area contributed by atoms with Crippen LogP contribution in [0.3, 0.4) is 0 Å². The molecule has 0 aliphatic rings. The summed E-state index contributed by atoms with van der Waals surface area (Å²) in [7, 11) is 0. The molecule has 0 spiro atoms. The summed E-state index contributed by atoms with van der Waals surface area (Å²) in [4.78, 5) is 28.6. The predicted octanol–water partition coefficient (Wildman–Crippen LogP) is 5.89. The molecule has 2 aromatic carbocycles. The second-order valence-electron chi connectivity index (χ2n) is 6.65. The third kappa shape index (κ3) is 3.67. The van der Waals surface area contributed by atoms with E-state index in [1.165, 1.54) is 16.0 Å². The van der Waals surface area contributed by atoms with E-state index < -0.39 is 5.63 Å². The number of halogens is 2. The Morgan fingerprint density at radius 1 is 1.03 bits per heavy atom. The summed E-state index contributed by atoms with van der Waals surface area (Å²) in [5.74, 6) is 0. The fourth-order valence-corrected chi connectivity index (χ4v) is 4.23. The molecule has 6 nitrogen and oxygen atoms in total. The number of aldehydes is 1. The molecule has 0 unspecified atom stereocenters. The zero-order valence-corrected chi connectivity index (χ0v) is 17.9. The SMILES string of the molecule is O=Cc1cn(-c2nc(-c3cc4cc(Cl)ccc4oc3=O)cs2)nc1-c1ccc(Cl)cc1. The third-order valence-corrected chi connectivity index (χ3v) is 5.96. The largest absolute Gasteiger partial charge is 0.422 e. The van der Waals surface area contributed by atoms with Crippen molar-refractivity contribution in [1.82, 2.24) is 14.8 Å². The van der Waals surface area contributed by atoms with Crippen LogP contribution >= 0.6 is 34.5 Å². The van der Waals surface area contributed by atoms with E-state index in [1.807, 2.05) is 0 Å². The average Bonchev–Trinajstić information content (AvgIpc) is 3.41. The van der Waals surface area contributed by atoms with E-state index in [0.717, 1.165) is 11.8 Å². The van der Waals surface area contributed by atoms with Gasteiger partial charge in [-0.25, -0.2) is 14.5 Å². The van der Waals surface area contributed by atoms with Crippen LogP contribution in [-0.2, 0) is 0 Å². The molecule has 31 heavy (non-hydrogen) atoms. The van der Waals surface area contributed by atoms with Crippen molar-refractivity contribution in [3.8, 4) is 27.6 Å². The van der Waals surface area contributed by atoms with Gasteiger partial charge in [0.05, 0.1) is 16.8 Å². The lowest BCUT2D eigenvalue weighted by atomic mass is 10.1. The lowest BCUT2D eigenvalue weighted by molar-refractivity contribution is 0.112. The van der Waals surface area contributed by atoms with Crippen LogP contribution in [-0.4, -0.2) is 21.1 Å². The number of nitrogens with zero attached hydrogens (tertiary/aromatic N) is 3. The Kier molecular flexibility index (Phi) is 4.94. The molecule has 5 rings (SSSR count). The molecule has 0 amide bonds. The minimum absolute atomic E-state index is 0.318. The Balaban J connectivity index is 1.56. The summed E-state index contributed by atoms with van der Waals surface area (Å²) in [6, 6.07) is 13.8. The van der Waals surface area contributed by atoms with Crippen molar-refractivity contribution in [1.29, 1.82) is 0 Å². The van der Waals surface area contributed by atoms with Crippen LogP contribution in [0.4, 0.5) is 0 Å². The van der Waals surface area contributed by atoms with Crippen LogP contribution in [0.15, 0.2) is 69.3 Å². The Morgan fingerprint density at radius 2 is 1.81 bits per heavy atom. The van der Waals surface area contributed by atoms with Gasteiger partial charge in [-0.1, -0.05) is 35.3 Å². The summed E-state index contributed by atoms with van der Waals surface area (Å²) in [5, 5.41) is 8.59. The molecular formula is C22H11Cl2N3O3S. The zero-order chi connectivity index (χ0) is 21.5. The first-order valence-electron chi connectivity index (χ1n) is 9.02. The van der Waals surface area contributed by atoms with Gasteiger partial charge in [-0.05, 0) is 36.4 Å². The summed E-state index contributed by atoms with van der Waals surface area (Å²) in [6.07, 6.45) is 2.34. The van der Waals surface area contributed by atoms with Crippen LogP contribution in [0.25, 0.3) is 38.6 Å². The van der Waals surface area contributed by atoms with Crippen molar-refractivity contribution in [3.63, 3.8) is 0 Å². The number of thiazole rings is 1. The summed E-state index contributed by atoms with van der Waals surface area (Å²) >= 11 is 13.3. The van der Waals surface area contributed by atoms with Crippen molar-refractivity contribution in [2.45, 2.75) is 0 Å². The molecule has 152 valence electrons. The highest BCUT2D eigenvalue weighted by Crippen LogP contribution is 2.28. The normalized spacial score (nSPS) is 11.2. The van der Waals surface area contributed by atoms with Gasteiger partial charge in [-0.3, -0.25) is 4.79 Å². The number of hydrogen-bond donors (Lipinski definition) is 0. The molecule has 0 N–H and O–H groups in total. The van der Waals surface area contributed by atoms with Gasteiger partial charge in [0, 0.05) is 32.6 Å². The van der Waals surface area contributed by atoms with Gasteiger partial charge in [-0.15, -0.1) is 11.3 Å². The standard InChI is InChI=1S/C22H11Cl2N3O3S/c23-15-3-1-12(2-4-15)20-14(10-28)9-27(26-20)22-25-18(11-31-22)17-8-13-7-16(24)5-6-19(13)30-21(17)29/h1-11H. The Morgan fingerprint density at radius 3 is 2.58 bits per heavy atom. The monoisotopic (exact) mass is 467 g/mol. The van der Waals surface area contributed by atoms with Crippen LogP contribution < -0.4 is 5.63 Å². The van der Waals surface area contributed by atoms with Gasteiger partial charge >= 0.3 is 5.63 Å². The van der Waals surface area contributed by atoms with Gasteiger partial charge in [0.2, 0.25) is 5.13 Å². The summed E-state index contributed by atoms with van der Waals surface area (Å²) in [5.41, 5.74) is 2.41. The number of benzene rings is 2. The van der Waals surface area contributed by atoms with E-state index in [-0.39, 0.29) is 0 Å². The maximum absolute atomic E-state index is 12.5. The van der Waals surface area contributed by atoms with E-state index >= 15 is 0 Å². The molecular weight excluding hydrogens is 457 g/mol. The topological polar surface area (TPSA) is 78.0 Å². The molecule has 9 heteroatoms. The molecule has 3 heterocycles. The summed E-state index contributed by atoms with van der Waals surface area (Å²) in [6.45, 7) is 0. The second kappa shape index (κ2) is 7.77. The Bertz CT molecular complexity index is 1500. The van der Waals surface area contributed by atoms with E-state index in [4.69, 9.17) is 27.6 Å². The maximum atomic E-state index is 12.5. The molecule has 0 radical (unpaired) electrons. The highest BCUT2D eigenvalue weighted by atomic mass is 35.5.